The quantitative estimate of drug-likeness (QED) is 0.428. The number of halogens is 1. The number of hydrogen-bond acceptors (Lipinski definition) is 4. The Morgan fingerprint density at radius 3 is 2.48 bits per heavy atom. The number of fused-ring (bicyclic) bond motifs is 1. The van der Waals surface area contributed by atoms with E-state index in [-0.39, 0.29) is 22.6 Å². The smallest absolute Gasteiger partial charge is 0.260 e. The fourth-order valence-corrected chi connectivity index (χ4v) is 4.06. The number of pyridine rings is 1. The minimum Gasteiger partial charge on any atom is -0.507 e. The van der Waals surface area contributed by atoms with E-state index in [1.165, 1.54) is 11.3 Å². The zero-order chi connectivity index (χ0) is 17.6. The molecule has 0 radical (unpaired) electrons. The van der Waals surface area contributed by atoms with Gasteiger partial charge in [-0.15, -0.1) is 11.3 Å². The molecular formula is C19H12BrNO3S. The molecule has 2 heterocycles. The predicted molar refractivity (Wildman–Crippen MR) is 104 cm³/mol. The lowest BCUT2D eigenvalue weighted by Gasteiger charge is -2.08. The first-order chi connectivity index (χ1) is 12.1. The van der Waals surface area contributed by atoms with Crippen LogP contribution >= 0.6 is 27.3 Å². The minimum atomic E-state index is -0.330. The van der Waals surface area contributed by atoms with Crippen LogP contribution < -0.4 is 5.56 Å². The van der Waals surface area contributed by atoms with Gasteiger partial charge in [0.05, 0.1) is 15.4 Å². The van der Waals surface area contributed by atoms with Crippen molar-refractivity contribution < 1.29 is 10.2 Å². The molecule has 0 saturated heterocycles. The summed E-state index contributed by atoms with van der Waals surface area (Å²) < 4.78 is 0.596. The molecule has 25 heavy (non-hydrogen) atoms. The Hall–Kier alpha value is -2.57. The lowest BCUT2D eigenvalue weighted by atomic mass is 10.0. The Morgan fingerprint density at radius 2 is 1.76 bits per heavy atom. The average molecular weight is 414 g/mol. The molecule has 0 atom stereocenters. The highest BCUT2D eigenvalue weighted by Gasteiger charge is 2.19. The fraction of sp³-hybridized carbons (Fsp3) is 0. The van der Waals surface area contributed by atoms with Crippen molar-refractivity contribution in [2.24, 2.45) is 0 Å². The molecular weight excluding hydrogens is 402 g/mol. The SMILES string of the molecule is O=c1[nH]c2scc(-c3ccc(Br)c(O)c3)c2c(O)c1-c1ccccc1. The molecule has 4 nitrogen and oxygen atoms in total. The number of hydrogen-bond donors (Lipinski definition) is 3. The van der Waals surface area contributed by atoms with Crippen LogP contribution in [0.4, 0.5) is 0 Å². The Labute approximate surface area is 155 Å². The molecule has 0 fully saturated rings. The monoisotopic (exact) mass is 413 g/mol. The summed E-state index contributed by atoms with van der Waals surface area (Å²) in [5.41, 5.74) is 2.08. The topological polar surface area (TPSA) is 73.3 Å². The molecule has 0 aliphatic carbocycles. The zero-order valence-corrected chi connectivity index (χ0v) is 15.2. The van der Waals surface area contributed by atoms with E-state index in [4.69, 9.17) is 0 Å². The molecule has 4 rings (SSSR count). The summed E-state index contributed by atoms with van der Waals surface area (Å²) in [5, 5.41) is 23.2. The zero-order valence-electron chi connectivity index (χ0n) is 12.8. The second-order valence-corrected chi connectivity index (χ2v) is 7.30. The number of rotatable bonds is 2. The van der Waals surface area contributed by atoms with E-state index in [0.29, 0.717) is 20.3 Å². The van der Waals surface area contributed by atoms with Gasteiger partial charge in [-0.25, -0.2) is 0 Å². The van der Waals surface area contributed by atoms with Crippen molar-refractivity contribution in [2.45, 2.75) is 0 Å². The Balaban J connectivity index is 2.03. The van der Waals surface area contributed by atoms with Gasteiger partial charge in [0.1, 0.15) is 16.3 Å². The lowest BCUT2D eigenvalue weighted by Crippen LogP contribution is -2.08. The highest BCUT2D eigenvalue weighted by Crippen LogP contribution is 2.42. The number of nitrogens with one attached hydrogen (secondary N) is 1. The van der Waals surface area contributed by atoms with Crippen LogP contribution in [0.25, 0.3) is 32.5 Å². The first-order valence-corrected chi connectivity index (χ1v) is 9.14. The Kier molecular flexibility index (Phi) is 3.86. The molecule has 0 aliphatic heterocycles. The summed E-state index contributed by atoms with van der Waals surface area (Å²) in [7, 11) is 0. The number of aromatic amines is 1. The molecule has 4 aromatic rings. The molecule has 2 aromatic heterocycles. The van der Waals surface area contributed by atoms with E-state index in [2.05, 4.69) is 20.9 Å². The number of thiophene rings is 1. The van der Waals surface area contributed by atoms with Crippen LogP contribution in [0.3, 0.4) is 0 Å². The van der Waals surface area contributed by atoms with Crippen LogP contribution in [-0.4, -0.2) is 15.2 Å². The largest absolute Gasteiger partial charge is 0.507 e. The molecule has 0 spiro atoms. The maximum atomic E-state index is 12.4. The van der Waals surface area contributed by atoms with Gasteiger partial charge in [-0.1, -0.05) is 36.4 Å². The van der Waals surface area contributed by atoms with Crippen molar-refractivity contribution in [2.75, 3.05) is 0 Å². The third kappa shape index (κ3) is 2.63. The van der Waals surface area contributed by atoms with Gasteiger partial charge in [0.15, 0.2) is 0 Å². The normalized spacial score (nSPS) is 11.1. The summed E-state index contributed by atoms with van der Waals surface area (Å²) >= 11 is 4.61. The van der Waals surface area contributed by atoms with E-state index in [1.54, 1.807) is 24.3 Å². The van der Waals surface area contributed by atoms with Gasteiger partial charge < -0.3 is 15.2 Å². The standard InChI is InChI=1S/C19H12BrNO3S/c20-13-7-6-11(8-14(13)22)12-9-25-19-16(12)17(23)15(18(24)21-19)10-4-2-1-3-5-10/h1-9,22H,(H2,21,23,24). The summed E-state index contributed by atoms with van der Waals surface area (Å²) in [6.45, 7) is 0. The van der Waals surface area contributed by atoms with Crippen LogP contribution in [0.1, 0.15) is 0 Å². The van der Waals surface area contributed by atoms with E-state index >= 15 is 0 Å². The van der Waals surface area contributed by atoms with Crippen molar-refractivity contribution in [3.8, 4) is 33.8 Å². The summed E-state index contributed by atoms with van der Waals surface area (Å²) in [4.78, 5) is 15.9. The van der Waals surface area contributed by atoms with E-state index in [1.807, 2.05) is 29.6 Å². The van der Waals surface area contributed by atoms with Gasteiger partial charge in [-0.3, -0.25) is 4.79 Å². The molecule has 0 saturated carbocycles. The van der Waals surface area contributed by atoms with E-state index < -0.39 is 0 Å². The van der Waals surface area contributed by atoms with Crippen molar-refractivity contribution in [1.82, 2.24) is 4.98 Å². The van der Waals surface area contributed by atoms with E-state index in [0.717, 1.165) is 11.1 Å². The van der Waals surface area contributed by atoms with Gasteiger partial charge in [0, 0.05) is 10.9 Å². The molecule has 3 N–H and O–H groups in total. The Morgan fingerprint density at radius 1 is 1.00 bits per heavy atom. The maximum absolute atomic E-state index is 12.4. The highest BCUT2D eigenvalue weighted by molar-refractivity contribution is 9.10. The van der Waals surface area contributed by atoms with Crippen molar-refractivity contribution >= 4 is 37.5 Å². The molecule has 0 aliphatic rings. The molecule has 0 amide bonds. The van der Waals surface area contributed by atoms with Crippen LogP contribution in [0.5, 0.6) is 11.5 Å². The summed E-state index contributed by atoms with van der Waals surface area (Å²) in [6.07, 6.45) is 0. The van der Waals surface area contributed by atoms with Crippen LogP contribution in [0.2, 0.25) is 0 Å². The predicted octanol–water partition coefficient (Wildman–Crippen LogP) is 5.10. The first-order valence-electron chi connectivity index (χ1n) is 7.47. The summed E-state index contributed by atoms with van der Waals surface area (Å²) in [6, 6.07) is 14.3. The number of phenols is 1. The molecule has 0 unspecified atom stereocenters. The molecule has 2 aromatic carbocycles. The number of aromatic nitrogens is 1. The third-order valence-corrected chi connectivity index (χ3v) is 5.60. The van der Waals surface area contributed by atoms with Crippen molar-refractivity contribution in [1.29, 1.82) is 0 Å². The summed E-state index contributed by atoms with van der Waals surface area (Å²) in [5.74, 6) is 0.0626. The second-order valence-electron chi connectivity index (χ2n) is 5.56. The average Bonchev–Trinajstić information content (AvgIpc) is 3.02. The fourth-order valence-electron chi connectivity index (χ4n) is 2.85. The van der Waals surface area contributed by atoms with Gasteiger partial charge >= 0.3 is 0 Å². The van der Waals surface area contributed by atoms with Gasteiger partial charge in [-0.2, -0.15) is 0 Å². The Bertz CT molecular complexity index is 1150. The third-order valence-electron chi connectivity index (χ3n) is 4.04. The molecule has 0 bridgehead atoms. The van der Waals surface area contributed by atoms with Gasteiger partial charge in [-0.05, 0) is 39.2 Å². The van der Waals surface area contributed by atoms with Crippen molar-refractivity contribution in [3.63, 3.8) is 0 Å². The van der Waals surface area contributed by atoms with Crippen LogP contribution in [0.15, 0.2) is 63.2 Å². The first kappa shape index (κ1) is 15.9. The van der Waals surface area contributed by atoms with Crippen molar-refractivity contribution in [3.05, 3.63) is 68.7 Å². The number of H-pyrrole nitrogens is 1. The second kappa shape index (κ2) is 6.06. The van der Waals surface area contributed by atoms with E-state index in [9.17, 15) is 15.0 Å². The van der Waals surface area contributed by atoms with Crippen LogP contribution in [-0.2, 0) is 0 Å². The minimum absolute atomic E-state index is 0.0522. The number of phenolic OH excluding ortho intramolecular Hbond substituents is 1. The van der Waals surface area contributed by atoms with Gasteiger partial charge in [0.25, 0.3) is 5.56 Å². The van der Waals surface area contributed by atoms with Crippen LogP contribution in [0, 0.1) is 0 Å². The number of aromatic hydroxyl groups is 2. The highest BCUT2D eigenvalue weighted by atomic mass is 79.9. The molecule has 6 heteroatoms. The maximum Gasteiger partial charge on any atom is 0.260 e. The number of benzene rings is 2. The lowest BCUT2D eigenvalue weighted by molar-refractivity contribution is 0.472. The van der Waals surface area contributed by atoms with Gasteiger partial charge in [0.2, 0.25) is 0 Å². The molecule has 124 valence electrons.